The first-order valence-corrected chi connectivity index (χ1v) is 21.3. The summed E-state index contributed by atoms with van der Waals surface area (Å²) in [5.41, 5.74) is -1.18. The van der Waals surface area contributed by atoms with Crippen molar-refractivity contribution < 1.29 is 32.4 Å². The first-order chi connectivity index (χ1) is 23.9. The summed E-state index contributed by atoms with van der Waals surface area (Å²) in [6.45, 7) is 11.3. The number of nitrogens with one attached hydrogen (secondary N) is 4. The van der Waals surface area contributed by atoms with Crippen LogP contribution in [0.5, 0.6) is 0 Å². The number of Topliss-reactive ketones (excluding diaryl/α,β-unsaturated/α-hetero) is 1. The molecule has 12 nitrogen and oxygen atoms in total. The van der Waals surface area contributed by atoms with Crippen LogP contribution in [0, 0.1) is 17.3 Å². The van der Waals surface area contributed by atoms with Gasteiger partial charge in [0.1, 0.15) is 12.1 Å². The minimum atomic E-state index is -3.62. The Morgan fingerprint density at radius 2 is 1.41 bits per heavy atom. The zero-order valence-corrected chi connectivity index (χ0v) is 32.6. The summed E-state index contributed by atoms with van der Waals surface area (Å²) in [5.74, 6) is -2.12. The largest absolute Gasteiger partial charge is 0.347 e. The highest BCUT2D eigenvalue weighted by atomic mass is 32.2. The number of sulfone groups is 1. The lowest BCUT2D eigenvalue weighted by molar-refractivity contribution is -0.144. The summed E-state index contributed by atoms with van der Waals surface area (Å²) in [6, 6.07) is -3.28. The maximum Gasteiger partial charge on any atom is 0.315 e. The van der Waals surface area contributed by atoms with Gasteiger partial charge in [0.05, 0.1) is 21.6 Å². The van der Waals surface area contributed by atoms with Gasteiger partial charge >= 0.3 is 6.03 Å². The van der Waals surface area contributed by atoms with Gasteiger partial charge in [0.2, 0.25) is 17.6 Å². The third-order valence-electron chi connectivity index (χ3n) is 13.2. The molecule has 3 saturated carbocycles. The second-order valence-electron chi connectivity index (χ2n) is 17.5. The molecule has 4 N–H and O–H groups in total. The van der Waals surface area contributed by atoms with E-state index >= 15 is 0 Å². The van der Waals surface area contributed by atoms with Gasteiger partial charge in [0.25, 0.3) is 5.91 Å². The molecule has 2 aliphatic heterocycles. The average Bonchev–Trinajstić information content (AvgIpc) is 3.92. The van der Waals surface area contributed by atoms with Gasteiger partial charge in [0.15, 0.2) is 9.84 Å². The van der Waals surface area contributed by atoms with Gasteiger partial charge in [-0.3, -0.25) is 19.2 Å². The molecule has 288 valence electrons. The van der Waals surface area contributed by atoms with E-state index in [4.69, 9.17) is 0 Å². The Bertz CT molecular complexity index is 1450. The third-order valence-corrected chi connectivity index (χ3v) is 16.2. The number of ketones is 1. The molecule has 13 heteroatoms. The van der Waals surface area contributed by atoms with Crippen molar-refractivity contribution in [3.05, 3.63) is 0 Å². The fourth-order valence-electron chi connectivity index (χ4n) is 9.33. The molecule has 0 bridgehead atoms. The minimum absolute atomic E-state index is 0.0135. The van der Waals surface area contributed by atoms with Gasteiger partial charge in [-0.2, -0.15) is 0 Å². The van der Waals surface area contributed by atoms with E-state index in [2.05, 4.69) is 35.1 Å². The normalized spacial score (nSPS) is 30.4. The van der Waals surface area contributed by atoms with Crippen LogP contribution in [-0.4, -0.2) is 89.1 Å². The van der Waals surface area contributed by atoms with Crippen molar-refractivity contribution in [1.82, 2.24) is 26.2 Å². The Morgan fingerprint density at radius 3 is 2.00 bits per heavy atom. The van der Waals surface area contributed by atoms with Crippen LogP contribution in [0.25, 0.3) is 0 Å². The molecule has 2 saturated heterocycles. The molecule has 5 aliphatic rings. The van der Waals surface area contributed by atoms with E-state index in [9.17, 15) is 32.4 Å². The van der Waals surface area contributed by atoms with Crippen molar-refractivity contribution in [2.24, 2.45) is 17.3 Å². The van der Waals surface area contributed by atoms with Crippen LogP contribution >= 0.6 is 0 Å². The van der Waals surface area contributed by atoms with Crippen molar-refractivity contribution in [3.8, 4) is 0 Å². The lowest BCUT2D eigenvalue weighted by Gasteiger charge is -2.49. The number of carbonyl (C=O) groups excluding carboxylic acids is 5. The molecule has 0 aromatic carbocycles. The van der Waals surface area contributed by atoms with Gasteiger partial charge in [0, 0.05) is 12.6 Å². The molecule has 5 rings (SSSR count). The van der Waals surface area contributed by atoms with Crippen LogP contribution in [0.15, 0.2) is 0 Å². The lowest BCUT2D eigenvalue weighted by atomic mass is 9.73. The predicted octanol–water partition coefficient (Wildman–Crippen LogP) is 4.30. The van der Waals surface area contributed by atoms with Crippen LogP contribution < -0.4 is 21.3 Å². The lowest BCUT2D eigenvalue weighted by Crippen LogP contribution is -2.68. The number of amides is 5. The van der Waals surface area contributed by atoms with E-state index in [1.54, 1.807) is 32.6 Å². The number of piperidine rings is 1. The van der Waals surface area contributed by atoms with Gasteiger partial charge in [-0.25, -0.2) is 13.2 Å². The van der Waals surface area contributed by atoms with Crippen molar-refractivity contribution in [2.75, 3.05) is 6.54 Å². The molecule has 0 radical (unpaired) electrons. The Hall–Kier alpha value is -2.70. The van der Waals surface area contributed by atoms with E-state index in [0.717, 1.165) is 64.2 Å². The predicted molar refractivity (Wildman–Crippen MR) is 195 cm³/mol. The number of nitrogens with zero attached hydrogens (tertiary/aromatic N) is 1. The molecule has 2 heterocycles. The number of rotatable bonds is 8. The SMILES string of the molecule is CC(C)S(=O)(=O)C(C)(C)C1(NC(=O)N[C@H]2CCCCCCCCC[C@@H](C(=O)C(=O)NC3CC3)NC(=O)[C@@H]3[C@@H]4[C@H](CN3C2=O)C4(C)C)CCCCC1. The number of fused-ring (bicyclic) bond motifs is 3. The van der Waals surface area contributed by atoms with Crippen molar-refractivity contribution in [2.45, 2.75) is 184 Å². The summed E-state index contributed by atoms with van der Waals surface area (Å²) in [7, 11) is -3.62. The number of urea groups is 1. The Kier molecular flexibility index (Phi) is 11.9. The molecular weight excluding hydrogens is 671 g/mol. The maximum atomic E-state index is 14.5. The fourth-order valence-corrected chi connectivity index (χ4v) is 11.3. The Balaban J connectivity index is 1.39. The molecule has 5 atom stereocenters. The molecule has 0 spiro atoms. The highest BCUT2D eigenvalue weighted by Gasteiger charge is 2.69. The third kappa shape index (κ3) is 8.12. The molecule has 3 aliphatic carbocycles. The second-order valence-corrected chi connectivity index (χ2v) is 20.6. The molecule has 51 heavy (non-hydrogen) atoms. The highest BCUT2D eigenvalue weighted by molar-refractivity contribution is 7.93. The summed E-state index contributed by atoms with van der Waals surface area (Å²) in [4.78, 5) is 70.4. The van der Waals surface area contributed by atoms with Crippen molar-refractivity contribution in [3.63, 3.8) is 0 Å². The second kappa shape index (κ2) is 15.3. The van der Waals surface area contributed by atoms with E-state index in [-0.39, 0.29) is 29.2 Å². The van der Waals surface area contributed by atoms with E-state index in [1.807, 2.05) is 0 Å². The van der Waals surface area contributed by atoms with Gasteiger partial charge in [-0.15, -0.1) is 0 Å². The molecule has 5 fully saturated rings. The molecule has 0 aromatic rings. The summed E-state index contributed by atoms with van der Waals surface area (Å²) in [5, 5.41) is 11.1. The first kappa shape index (κ1) is 39.5. The quantitative estimate of drug-likeness (QED) is 0.270. The average molecular weight is 734 g/mol. The van der Waals surface area contributed by atoms with E-state index < -0.39 is 67.1 Å². The zero-order chi connectivity index (χ0) is 37.4. The molecule has 0 aromatic heterocycles. The van der Waals surface area contributed by atoms with Crippen LogP contribution in [0.3, 0.4) is 0 Å². The van der Waals surface area contributed by atoms with Crippen LogP contribution in [0.2, 0.25) is 0 Å². The molecular formula is C38H63N5O7S. The Labute approximate surface area is 305 Å². The smallest absolute Gasteiger partial charge is 0.315 e. The van der Waals surface area contributed by atoms with Gasteiger partial charge in [-0.1, -0.05) is 78.1 Å². The number of carbonyl (C=O) groups is 5. The fraction of sp³-hybridized carbons (Fsp3) is 0.868. The zero-order valence-electron chi connectivity index (χ0n) is 31.8. The van der Waals surface area contributed by atoms with Crippen LogP contribution in [-0.2, 0) is 29.0 Å². The maximum absolute atomic E-state index is 14.5. The topological polar surface area (TPSA) is 171 Å². The highest BCUT2D eigenvalue weighted by Crippen LogP contribution is 2.65. The summed E-state index contributed by atoms with van der Waals surface area (Å²) in [6.07, 6.45) is 12.1. The number of hydrogen-bond acceptors (Lipinski definition) is 7. The monoisotopic (exact) mass is 733 g/mol. The Morgan fingerprint density at radius 1 is 0.843 bits per heavy atom. The summed E-state index contributed by atoms with van der Waals surface area (Å²) < 4.78 is 26.1. The standard InChI is InChI=1S/C38H63N5O7S/c1-24(2)51(49,50)37(5,6)38(21-15-12-16-22-38)42-35(48)41-28-18-14-11-9-7-8-10-13-17-27(31(44)33(46)39-25-19-20-25)40-32(45)30-29-26(36(29,3)4)23-43(30)34(28)47/h24-30H,7-23H2,1-6H3,(H,39,46)(H,40,45)(H2,41,42,48)/t26-,27-,28-,29-,30-/m0/s1. The van der Waals surface area contributed by atoms with Crippen molar-refractivity contribution in [1.29, 1.82) is 0 Å². The van der Waals surface area contributed by atoms with Crippen LogP contribution in [0.1, 0.15) is 144 Å². The van der Waals surface area contributed by atoms with E-state index in [0.29, 0.717) is 45.1 Å². The molecule has 5 amide bonds. The van der Waals surface area contributed by atoms with Gasteiger partial charge in [-0.05, 0) is 83.5 Å². The first-order valence-electron chi connectivity index (χ1n) is 19.7. The summed E-state index contributed by atoms with van der Waals surface area (Å²) >= 11 is 0. The van der Waals surface area contributed by atoms with E-state index in [1.165, 1.54) is 0 Å². The minimum Gasteiger partial charge on any atom is -0.347 e. The van der Waals surface area contributed by atoms with Gasteiger partial charge < -0.3 is 26.2 Å². The van der Waals surface area contributed by atoms with Crippen LogP contribution in [0.4, 0.5) is 4.79 Å². The molecule has 0 unspecified atom stereocenters. The number of hydrogen-bond donors (Lipinski definition) is 4. The van der Waals surface area contributed by atoms with Crippen molar-refractivity contribution >= 4 is 39.4 Å².